The molecular weight excluding hydrogens is 436 g/mol. The van der Waals surface area contributed by atoms with Crippen molar-refractivity contribution in [1.29, 1.82) is 0 Å². The van der Waals surface area contributed by atoms with Crippen LogP contribution >= 0.6 is 0 Å². The van der Waals surface area contributed by atoms with E-state index in [9.17, 15) is 8.42 Å². The van der Waals surface area contributed by atoms with Gasteiger partial charge in [-0.05, 0) is 55.3 Å². The predicted molar refractivity (Wildman–Crippen MR) is 126 cm³/mol. The number of aromatic nitrogens is 4. The van der Waals surface area contributed by atoms with Crippen molar-refractivity contribution < 1.29 is 13.2 Å². The Morgan fingerprint density at radius 1 is 1.03 bits per heavy atom. The van der Waals surface area contributed by atoms with E-state index in [-0.39, 0.29) is 10.9 Å². The highest BCUT2D eigenvalue weighted by atomic mass is 32.2. The van der Waals surface area contributed by atoms with Crippen molar-refractivity contribution in [3.05, 3.63) is 72.7 Å². The molecule has 0 saturated carbocycles. The molecule has 0 spiro atoms. The Bertz CT molecular complexity index is 1410. The van der Waals surface area contributed by atoms with Gasteiger partial charge in [0, 0.05) is 42.1 Å². The monoisotopic (exact) mass is 460 g/mol. The number of pyridine rings is 2. The minimum atomic E-state index is -3.25. The van der Waals surface area contributed by atoms with Crippen LogP contribution in [0.4, 0.5) is 0 Å². The second-order valence-electron chi connectivity index (χ2n) is 8.28. The summed E-state index contributed by atoms with van der Waals surface area (Å²) in [5, 5.41) is 4.91. The molecule has 1 saturated heterocycles. The van der Waals surface area contributed by atoms with E-state index in [1.807, 2.05) is 41.9 Å². The standard InChI is InChI=1S/C25H24N4O3S/c1-17-4-3-5-23(27-17)25-22(15-29(28-25)20-11-13-32-16-20)19-10-12-26-24(14-19)18-6-8-21(9-7-18)33(2,30)31/h3-10,12,14-15,20H,11,13,16H2,1-2H3/t20-/m1/s1. The van der Waals surface area contributed by atoms with Gasteiger partial charge in [0.05, 0.1) is 28.9 Å². The SMILES string of the molecule is Cc1cccc(-c2nn([C@@H]3CCOC3)cc2-c2ccnc(-c3ccc(S(C)(=O)=O)cc3)c2)n1. The van der Waals surface area contributed by atoms with Crippen LogP contribution in [0.1, 0.15) is 18.2 Å². The number of nitrogens with zero attached hydrogens (tertiary/aromatic N) is 4. The molecule has 168 valence electrons. The Kier molecular flexibility index (Phi) is 5.55. The van der Waals surface area contributed by atoms with Gasteiger partial charge >= 0.3 is 0 Å². The lowest BCUT2D eigenvalue weighted by molar-refractivity contribution is 0.184. The minimum Gasteiger partial charge on any atom is -0.379 e. The van der Waals surface area contributed by atoms with Gasteiger partial charge in [0.25, 0.3) is 0 Å². The molecule has 1 aliphatic heterocycles. The molecule has 0 radical (unpaired) electrons. The van der Waals surface area contributed by atoms with Crippen LogP contribution in [-0.2, 0) is 14.6 Å². The van der Waals surface area contributed by atoms with E-state index < -0.39 is 9.84 Å². The molecule has 3 aromatic heterocycles. The van der Waals surface area contributed by atoms with E-state index in [1.54, 1.807) is 30.5 Å². The van der Waals surface area contributed by atoms with E-state index >= 15 is 0 Å². The van der Waals surface area contributed by atoms with Crippen LogP contribution in [0.5, 0.6) is 0 Å². The second kappa shape index (κ2) is 8.53. The second-order valence-corrected chi connectivity index (χ2v) is 10.3. The molecule has 1 aliphatic rings. The maximum atomic E-state index is 11.8. The molecule has 0 aliphatic carbocycles. The highest BCUT2D eigenvalue weighted by Crippen LogP contribution is 2.34. The van der Waals surface area contributed by atoms with Gasteiger partial charge in [0.15, 0.2) is 9.84 Å². The van der Waals surface area contributed by atoms with Gasteiger partial charge in [-0.1, -0.05) is 18.2 Å². The van der Waals surface area contributed by atoms with Gasteiger partial charge in [-0.2, -0.15) is 5.10 Å². The Morgan fingerprint density at radius 3 is 2.55 bits per heavy atom. The summed E-state index contributed by atoms with van der Waals surface area (Å²) in [6.07, 6.45) is 5.95. The summed E-state index contributed by atoms with van der Waals surface area (Å²) in [6.45, 7) is 3.35. The molecule has 33 heavy (non-hydrogen) atoms. The zero-order chi connectivity index (χ0) is 23.0. The minimum absolute atomic E-state index is 0.201. The summed E-state index contributed by atoms with van der Waals surface area (Å²) in [5.41, 5.74) is 6.10. The molecule has 5 rings (SSSR count). The van der Waals surface area contributed by atoms with Crippen LogP contribution in [0.2, 0.25) is 0 Å². The summed E-state index contributed by atoms with van der Waals surface area (Å²) in [5.74, 6) is 0. The molecule has 8 heteroatoms. The van der Waals surface area contributed by atoms with Gasteiger partial charge in [-0.3, -0.25) is 14.6 Å². The molecule has 4 heterocycles. The van der Waals surface area contributed by atoms with Crippen LogP contribution in [0.3, 0.4) is 0 Å². The average molecular weight is 461 g/mol. The zero-order valence-corrected chi connectivity index (χ0v) is 19.3. The molecule has 4 aromatic rings. The first-order valence-corrected chi connectivity index (χ1v) is 12.7. The van der Waals surface area contributed by atoms with Crippen LogP contribution in [0.15, 0.2) is 71.9 Å². The van der Waals surface area contributed by atoms with Gasteiger partial charge in [0.2, 0.25) is 0 Å². The molecule has 0 amide bonds. The third kappa shape index (κ3) is 4.44. The molecule has 0 N–H and O–H groups in total. The third-order valence-electron chi connectivity index (χ3n) is 5.79. The molecule has 7 nitrogen and oxygen atoms in total. The van der Waals surface area contributed by atoms with E-state index in [0.717, 1.165) is 52.5 Å². The summed E-state index contributed by atoms with van der Waals surface area (Å²) < 4.78 is 31.1. The van der Waals surface area contributed by atoms with Crippen molar-refractivity contribution in [1.82, 2.24) is 19.7 Å². The fourth-order valence-electron chi connectivity index (χ4n) is 4.01. The number of hydrogen-bond donors (Lipinski definition) is 0. The fourth-order valence-corrected chi connectivity index (χ4v) is 4.64. The zero-order valence-electron chi connectivity index (χ0n) is 18.5. The maximum Gasteiger partial charge on any atom is 0.175 e. The Morgan fingerprint density at radius 2 is 1.85 bits per heavy atom. The highest BCUT2D eigenvalue weighted by Gasteiger charge is 2.22. The Hall–Kier alpha value is -3.36. The summed E-state index contributed by atoms with van der Waals surface area (Å²) in [4.78, 5) is 9.51. The van der Waals surface area contributed by atoms with Gasteiger partial charge in [0.1, 0.15) is 5.69 Å². The van der Waals surface area contributed by atoms with Crippen molar-refractivity contribution in [2.45, 2.75) is 24.3 Å². The predicted octanol–water partition coefficient (Wildman–Crippen LogP) is 4.35. The molecule has 0 bridgehead atoms. The first-order chi connectivity index (χ1) is 15.9. The van der Waals surface area contributed by atoms with Crippen LogP contribution in [-0.4, -0.2) is 47.6 Å². The molecule has 1 atom stereocenters. The lowest BCUT2D eigenvalue weighted by Crippen LogP contribution is -2.09. The number of aryl methyl sites for hydroxylation is 1. The first-order valence-electron chi connectivity index (χ1n) is 10.8. The van der Waals surface area contributed by atoms with Crippen molar-refractivity contribution in [3.63, 3.8) is 0 Å². The van der Waals surface area contributed by atoms with Crippen molar-refractivity contribution in [3.8, 4) is 33.8 Å². The summed E-state index contributed by atoms with van der Waals surface area (Å²) in [6, 6.07) is 16.9. The van der Waals surface area contributed by atoms with E-state index in [4.69, 9.17) is 14.8 Å². The first kappa shape index (κ1) is 21.5. The van der Waals surface area contributed by atoms with Gasteiger partial charge < -0.3 is 4.74 Å². The van der Waals surface area contributed by atoms with Crippen LogP contribution in [0, 0.1) is 6.92 Å². The Labute approximate surface area is 193 Å². The lowest BCUT2D eigenvalue weighted by atomic mass is 10.0. The maximum absolute atomic E-state index is 11.8. The third-order valence-corrected chi connectivity index (χ3v) is 6.92. The largest absolute Gasteiger partial charge is 0.379 e. The number of hydrogen-bond acceptors (Lipinski definition) is 6. The topological polar surface area (TPSA) is 87.0 Å². The van der Waals surface area contributed by atoms with Crippen molar-refractivity contribution in [2.75, 3.05) is 19.5 Å². The fraction of sp³-hybridized carbons (Fsp3) is 0.240. The number of rotatable bonds is 5. The van der Waals surface area contributed by atoms with E-state index in [2.05, 4.69) is 11.2 Å². The molecule has 0 unspecified atom stereocenters. The highest BCUT2D eigenvalue weighted by molar-refractivity contribution is 7.90. The quantitative estimate of drug-likeness (QED) is 0.440. The van der Waals surface area contributed by atoms with Gasteiger partial charge in [-0.25, -0.2) is 8.42 Å². The van der Waals surface area contributed by atoms with Crippen LogP contribution < -0.4 is 0 Å². The summed E-state index contributed by atoms with van der Waals surface area (Å²) in [7, 11) is -3.25. The average Bonchev–Trinajstić information content (AvgIpc) is 3.49. The van der Waals surface area contributed by atoms with E-state index in [0.29, 0.717) is 6.61 Å². The summed E-state index contributed by atoms with van der Waals surface area (Å²) >= 11 is 0. The molecular formula is C25H24N4O3S. The normalized spacial score (nSPS) is 16.2. The lowest BCUT2D eigenvalue weighted by Gasteiger charge is -2.07. The number of ether oxygens (including phenoxy) is 1. The van der Waals surface area contributed by atoms with Crippen LogP contribution in [0.25, 0.3) is 33.8 Å². The molecule has 1 aromatic carbocycles. The van der Waals surface area contributed by atoms with E-state index in [1.165, 1.54) is 6.26 Å². The molecule has 1 fully saturated rings. The Balaban J connectivity index is 1.59. The van der Waals surface area contributed by atoms with Crippen molar-refractivity contribution >= 4 is 9.84 Å². The smallest absolute Gasteiger partial charge is 0.175 e. The van der Waals surface area contributed by atoms with Crippen molar-refractivity contribution in [2.24, 2.45) is 0 Å². The number of sulfone groups is 1. The van der Waals surface area contributed by atoms with Gasteiger partial charge in [-0.15, -0.1) is 0 Å². The number of benzene rings is 1.